The SMILES string of the molecule is N#CC1CCOCCC1C=[N+]1N=C(N)c2c1ccnc2OCc1ccccc1. The van der Waals surface area contributed by atoms with E-state index in [1.54, 1.807) is 10.9 Å². The number of amidine groups is 1. The van der Waals surface area contributed by atoms with Crippen molar-refractivity contribution in [3.63, 3.8) is 0 Å². The van der Waals surface area contributed by atoms with E-state index in [0.717, 1.165) is 24.1 Å². The number of nitriles is 1. The highest BCUT2D eigenvalue weighted by atomic mass is 16.5. The van der Waals surface area contributed by atoms with Crippen LogP contribution in [0.2, 0.25) is 0 Å². The van der Waals surface area contributed by atoms with Gasteiger partial charge in [0.1, 0.15) is 6.61 Å². The first kappa shape index (κ1) is 18.1. The lowest BCUT2D eigenvalue weighted by molar-refractivity contribution is -0.438. The highest BCUT2D eigenvalue weighted by molar-refractivity contribution is 6.04. The highest BCUT2D eigenvalue weighted by Crippen LogP contribution is 2.32. The molecule has 0 radical (unpaired) electrons. The molecule has 2 atom stereocenters. The quantitative estimate of drug-likeness (QED) is 0.827. The van der Waals surface area contributed by atoms with Gasteiger partial charge in [0.2, 0.25) is 11.7 Å². The monoisotopic (exact) mass is 376 g/mol. The van der Waals surface area contributed by atoms with E-state index in [4.69, 9.17) is 15.2 Å². The van der Waals surface area contributed by atoms with Crippen LogP contribution in [0.25, 0.3) is 0 Å². The third kappa shape index (κ3) is 3.73. The minimum atomic E-state index is -0.0985. The zero-order valence-corrected chi connectivity index (χ0v) is 15.5. The van der Waals surface area contributed by atoms with Crippen LogP contribution in [0.3, 0.4) is 0 Å². The number of nitrogens with zero attached hydrogens (tertiary/aromatic N) is 4. The van der Waals surface area contributed by atoms with Gasteiger partial charge in [0.05, 0.1) is 17.9 Å². The normalized spacial score (nSPS) is 22.8. The zero-order chi connectivity index (χ0) is 19.3. The van der Waals surface area contributed by atoms with Crippen LogP contribution in [-0.4, -0.2) is 34.9 Å². The molecule has 0 amide bonds. The van der Waals surface area contributed by atoms with Gasteiger partial charge in [-0.25, -0.2) is 4.98 Å². The van der Waals surface area contributed by atoms with Gasteiger partial charge < -0.3 is 15.2 Å². The van der Waals surface area contributed by atoms with E-state index < -0.39 is 0 Å². The number of hydrazone groups is 1. The summed E-state index contributed by atoms with van der Waals surface area (Å²) in [4.78, 5) is 4.35. The Morgan fingerprint density at radius 2 is 2.07 bits per heavy atom. The molecule has 28 heavy (non-hydrogen) atoms. The Labute approximate surface area is 163 Å². The van der Waals surface area contributed by atoms with Crippen molar-refractivity contribution in [1.29, 1.82) is 5.26 Å². The minimum Gasteiger partial charge on any atom is -0.472 e. The van der Waals surface area contributed by atoms with Crippen LogP contribution in [0.5, 0.6) is 5.88 Å². The Bertz CT molecular complexity index is 949. The molecule has 1 fully saturated rings. The summed E-state index contributed by atoms with van der Waals surface area (Å²) >= 11 is 0. The van der Waals surface area contributed by atoms with Crippen LogP contribution >= 0.6 is 0 Å². The van der Waals surface area contributed by atoms with Crippen molar-refractivity contribution < 1.29 is 14.2 Å². The second kappa shape index (κ2) is 8.19. The maximum absolute atomic E-state index is 9.50. The molecule has 1 saturated heterocycles. The van der Waals surface area contributed by atoms with E-state index in [1.807, 2.05) is 42.6 Å². The van der Waals surface area contributed by atoms with Gasteiger partial charge in [-0.15, -0.1) is 0 Å². The van der Waals surface area contributed by atoms with Gasteiger partial charge in [0.15, 0.2) is 11.8 Å². The summed E-state index contributed by atoms with van der Waals surface area (Å²) in [5.41, 5.74) is 8.74. The maximum Gasteiger partial charge on any atom is 0.255 e. The predicted octanol–water partition coefficient (Wildman–Crippen LogP) is 2.58. The summed E-state index contributed by atoms with van der Waals surface area (Å²) in [7, 11) is 0. The summed E-state index contributed by atoms with van der Waals surface area (Å²) in [6.45, 7) is 1.66. The van der Waals surface area contributed by atoms with Crippen molar-refractivity contribution in [2.75, 3.05) is 13.2 Å². The first-order chi connectivity index (χ1) is 13.8. The summed E-state index contributed by atoms with van der Waals surface area (Å²) in [6.07, 6.45) is 5.16. The first-order valence-corrected chi connectivity index (χ1v) is 9.38. The van der Waals surface area contributed by atoms with Crippen LogP contribution in [-0.2, 0) is 11.3 Å². The molecule has 0 saturated carbocycles. The number of aromatic nitrogens is 1. The van der Waals surface area contributed by atoms with Crippen LogP contribution in [0.1, 0.15) is 24.0 Å². The number of nitrogens with two attached hydrogens (primary N) is 1. The average molecular weight is 376 g/mol. The summed E-state index contributed by atoms with van der Waals surface area (Å²) in [6, 6.07) is 14.2. The van der Waals surface area contributed by atoms with Crippen molar-refractivity contribution in [3.05, 3.63) is 53.7 Å². The van der Waals surface area contributed by atoms with Gasteiger partial charge in [-0.1, -0.05) is 35.0 Å². The Morgan fingerprint density at radius 1 is 1.25 bits per heavy atom. The fourth-order valence-corrected chi connectivity index (χ4v) is 3.50. The van der Waals surface area contributed by atoms with Gasteiger partial charge in [0.25, 0.3) is 5.69 Å². The number of benzene rings is 1. The second-order valence-corrected chi connectivity index (χ2v) is 6.85. The molecule has 2 aliphatic rings. The average Bonchev–Trinajstić information content (AvgIpc) is 2.90. The largest absolute Gasteiger partial charge is 0.472 e. The Balaban J connectivity index is 1.61. The molecule has 2 aliphatic heterocycles. The highest BCUT2D eigenvalue weighted by Gasteiger charge is 2.34. The zero-order valence-electron chi connectivity index (χ0n) is 15.5. The number of ether oxygens (including phenoxy) is 2. The van der Waals surface area contributed by atoms with E-state index in [1.165, 1.54) is 0 Å². The fourth-order valence-electron chi connectivity index (χ4n) is 3.50. The van der Waals surface area contributed by atoms with E-state index in [0.29, 0.717) is 37.1 Å². The molecule has 0 bridgehead atoms. The molecule has 0 aliphatic carbocycles. The second-order valence-electron chi connectivity index (χ2n) is 6.85. The minimum absolute atomic E-state index is 0.0526. The molecular weight excluding hydrogens is 354 g/mol. The van der Waals surface area contributed by atoms with Crippen LogP contribution < -0.4 is 10.5 Å². The molecule has 142 valence electrons. The van der Waals surface area contributed by atoms with E-state index in [-0.39, 0.29) is 11.8 Å². The lowest BCUT2D eigenvalue weighted by Crippen LogP contribution is -2.18. The van der Waals surface area contributed by atoms with Crippen molar-refractivity contribution in [2.24, 2.45) is 22.7 Å². The molecule has 0 spiro atoms. The smallest absolute Gasteiger partial charge is 0.255 e. The number of pyridine rings is 1. The van der Waals surface area contributed by atoms with Gasteiger partial charge in [-0.3, -0.25) is 0 Å². The fraction of sp³-hybridized carbons (Fsp3) is 0.333. The molecule has 4 rings (SSSR count). The molecule has 2 unspecified atom stereocenters. The van der Waals surface area contributed by atoms with Gasteiger partial charge >= 0.3 is 0 Å². The molecule has 7 heteroatoms. The standard InChI is InChI=1S/C21H22N5O2/c22-12-16-7-10-27-11-8-17(16)13-26-18-6-9-24-21(19(18)20(23)25-26)28-14-15-4-2-1-3-5-15/h1-6,9,13,16-17H,7-8,10-11,14H2,(H2,23,25)/q+1. The van der Waals surface area contributed by atoms with Crippen LogP contribution in [0, 0.1) is 23.2 Å². The van der Waals surface area contributed by atoms with Crippen molar-refractivity contribution in [3.8, 4) is 11.9 Å². The molecule has 1 aromatic carbocycles. The van der Waals surface area contributed by atoms with E-state index in [2.05, 4.69) is 16.2 Å². The maximum atomic E-state index is 9.50. The molecule has 1 aromatic heterocycles. The molecule has 2 N–H and O–H groups in total. The Hall–Kier alpha value is -3.24. The third-order valence-corrected chi connectivity index (χ3v) is 5.02. The van der Waals surface area contributed by atoms with Crippen molar-refractivity contribution in [1.82, 2.24) is 4.98 Å². The summed E-state index contributed by atoms with van der Waals surface area (Å²) in [5, 5.41) is 14.0. The van der Waals surface area contributed by atoms with Gasteiger partial charge in [0, 0.05) is 30.6 Å². The number of hydrogen-bond acceptors (Lipinski definition) is 6. The topological polar surface area (TPSA) is 96.5 Å². The molecule has 3 heterocycles. The van der Waals surface area contributed by atoms with Crippen LogP contribution in [0.15, 0.2) is 47.7 Å². The Kier molecular flexibility index (Phi) is 5.31. The molecular formula is C21H22N5O2+. The van der Waals surface area contributed by atoms with Crippen LogP contribution in [0.4, 0.5) is 5.69 Å². The summed E-state index contributed by atoms with van der Waals surface area (Å²) in [5.74, 6) is 0.774. The lowest BCUT2D eigenvalue weighted by atomic mass is 9.90. The van der Waals surface area contributed by atoms with Crippen molar-refractivity contribution >= 4 is 17.7 Å². The molecule has 7 nitrogen and oxygen atoms in total. The van der Waals surface area contributed by atoms with E-state index >= 15 is 0 Å². The van der Waals surface area contributed by atoms with E-state index in [9.17, 15) is 5.26 Å². The number of hydrogen-bond donors (Lipinski definition) is 1. The summed E-state index contributed by atoms with van der Waals surface area (Å²) < 4.78 is 13.2. The Morgan fingerprint density at radius 3 is 2.89 bits per heavy atom. The van der Waals surface area contributed by atoms with Crippen molar-refractivity contribution in [2.45, 2.75) is 19.4 Å². The van der Waals surface area contributed by atoms with Gasteiger partial charge in [-0.05, 0) is 18.4 Å². The lowest BCUT2D eigenvalue weighted by Gasteiger charge is -2.10. The molecule has 2 aromatic rings. The first-order valence-electron chi connectivity index (χ1n) is 9.38. The number of rotatable bonds is 4. The third-order valence-electron chi connectivity index (χ3n) is 5.02. The number of fused-ring (bicyclic) bond motifs is 1. The van der Waals surface area contributed by atoms with Gasteiger partial charge in [-0.2, -0.15) is 5.26 Å². The predicted molar refractivity (Wildman–Crippen MR) is 104 cm³/mol.